The molecule has 1 saturated heterocycles. The van der Waals surface area contributed by atoms with Crippen LogP contribution in [0.4, 0.5) is 5.82 Å². The van der Waals surface area contributed by atoms with Crippen LogP contribution in [0.2, 0.25) is 0 Å². The van der Waals surface area contributed by atoms with Crippen molar-refractivity contribution in [1.29, 1.82) is 0 Å². The van der Waals surface area contributed by atoms with Gasteiger partial charge in [0.15, 0.2) is 0 Å². The molecule has 3 rings (SSSR count). The van der Waals surface area contributed by atoms with Gasteiger partial charge in [-0.05, 0) is 18.1 Å². The summed E-state index contributed by atoms with van der Waals surface area (Å²) < 4.78 is 5.37. The highest BCUT2D eigenvalue weighted by molar-refractivity contribution is 6.14. The number of anilines is 1. The van der Waals surface area contributed by atoms with Gasteiger partial charge in [-0.15, -0.1) is 0 Å². The molecule has 6 N–H and O–H groups in total. The number of aliphatic imine (C=N–C) groups is 1. The van der Waals surface area contributed by atoms with Crippen molar-refractivity contribution < 1.29 is 9.53 Å². The Morgan fingerprint density at radius 2 is 2.42 bits per heavy atom. The zero-order valence-electron chi connectivity index (χ0n) is 13.6. The molecule has 1 aromatic rings. The lowest BCUT2D eigenvalue weighted by Gasteiger charge is -2.30. The van der Waals surface area contributed by atoms with Crippen molar-refractivity contribution in [1.82, 2.24) is 10.3 Å². The van der Waals surface area contributed by atoms with Gasteiger partial charge in [-0.1, -0.05) is 0 Å². The van der Waals surface area contributed by atoms with Crippen LogP contribution in [0.5, 0.6) is 0 Å². The largest absolute Gasteiger partial charge is 0.404 e. The number of fused-ring (bicyclic) bond motifs is 1. The average molecular weight is 330 g/mol. The van der Waals surface area contributed by atoms with Crippen molar-refractivity contribution in [2.75, 3.05) is 25.6 Å². The summed E-state index contributed by atoms with van der Waals surface area (Å²) in [7, 11) is 1.65. The number of hydrogen-bond donors (Lipinski definition) is 4. The number of allylic oxidation sites excluding steroid dienone is 1. The first-order chi connectivity index (χ1) is 11.6. The number of aromatic nitrogens is 1. The molecule has 2 aliphatic heterocycles. The molecule has 0 bridgehead atoms. The molecule has 0 radical (unpaired) electrons. The number of carbonyl (C=O) groups excluding carboxylic acids is 1. The zero-order chi connectivity index (χ0) is 17.1. The molecular formula is C16H22N6O2. The van der Waals surface area contributed by atoms with Crippen LogP contribution in [0, 0.1) is 0 Å². The third-order valence-corrected chi connectivity index (χ3v) is 4.22. The van der Waals surface area contributed by atoms with Gasteiger partial charge in [0.05, 0.1) is 17.9 Å². The summed E-state index contributed by atoms with van der Waals surface area (Å²) in [6.07, 6.45) is 3.81. The van der Waals surface area contributed by atoms with E-state index in [0.29, 0.717) is 42.4 Å². The zero-order valence-corrected chi connectivity index (χ0v) is 13.6. The first-order valence-corrected chi connectivity index (χ1v) is 7.90. The normalized spacial score (nSPS) is 24.1. The van der Waals surface area contributed by atoms with Crippen molar-refractivity contribution in [2.45, 2.75) is 25.0 Å². The van der Waals surface area contributed by atoms with E-state index in [1.54, 1.807) is 13.3 Å². The second-order valence-electron chi connectivity index (χ2n) is 5.86. The minimum Gasteiger partial charge on any atom is -0.404 e. The number of rotatable bonds is 4. The number of pyridine rings is 1. The number of nitrogens with one attached hydrogen (secondary N) is 2. The first-order valence-electron chi connectivity index (χ1n) is 7.90. The van der Waals surface area contributed by atoms with Crippen LogP contribution in [0.15, 0.2) is 17.3 Å². The quantitative estimate of drug-likeness (QED) is 0.569. The molecule has 2 atom stereocenters. The second-order valence-corrected chi connectivity index (χ2v) is 5.86. The maximum Gasteiger partial charge on any atom is 0.254 e. The molecule has 8 heteroatoms. The van der Waals surface area contributed by atoms with Gasteiger partial charge in [-0.3, -0.25) is 9.79 Å². The molecule has 128 valence electrons. The molecule has 0 aromatic carbocycles. The van der Waals surface area contributed by atoms with Crippen LogP contribution in [0.25, 0.3) is 5.57 Å². The van der Waals surface area contributed by atoms with Gasteiger partial charge >= 0.3 is 0 Å². The average Bonchev–Trinajstić information content (AvgIpc) is 2.95. The van der Waals surface area contributed by atoms with Crippen LogP contribution in [0.3, 0.4) is 0 Å². The van der Waals surface area contributed by atoms with Crippen molar-refractivity contribution in [3.05, 3.63) is 29.1 Å². The Morgan fingerprint density at radius 3 is 3.12 bits per heavy atom. The fraction of sp³-hybridized carbons (Fsp3) is 0.438. The van der Waals surface area contributed by atoms with E-state index in [4.69, 9.17) is 16.2 Å². The van der Waals surface area contributed by atoms with Crippen LogP contribution in [-0.4, -0.2) is 49.5 Å². The van der Waals surface area contributed by atoms with Crippen LogP contribution in [0.1, 0.15) is 28.0 Å². The van der Waals surface area contributed by atoms with E-state index >= 15 is 0 Å². The molecule has 1 fully saturated rings. The summed E-state index contributed by atoms with van der Waals surface area (Å²) in [5.41, 5.74) is 14.4. The lowest BCUT2D eigenvalue weighted by atomic mass is 10.0. The Morgan fingerprint density at radius 1 is 1.58 bits per heavy atom. The lowest BCUT2D eigenvalue weighted by molar-refractivity contribution is 0.0752. The predicted molar refractivity (Wildman–Crippen MR) is 92.8 cm³/mol. The second kappa shape index (κ2) is 6.98. The molecule has 8 nitrogen and oxygen atoms in total. The van der Waals surface area contributed by atoms with Gasteiger partial charge < -0.3 is 26.8 Å². The third kappa shape index (κ3) is 3.10. The summed E-state index contributed by atoms with van der Waals surface area (Å²) in [6.45, 7) is 1.66. The van der Waals surface area contributed by atoms with E-state index in [2.05, 4.69) is 20.6 Å². The summed E-state index contributed by atoms with van der Waals surface area (Å²) in [6, 6.07) is 1.86. The SMILES string of the molecule is CN=CC(=CN)c1nc(NC2CCOCC2N)cc2c1C(=O)NC2. The lowest BCUT2D eigenvalue weighted by Crippen LogP contribution is -2.47. The Kier molecular flexibility index (Phi) is 4.77. The Balaban J connectivity index is 1.98. The van der Waals surface area contributed by atoms with Gasteiger partial charge in [0, 0.05) is 50.3 Å². The van der Waals surface area contributed by atoms with Gasteiger partial charge in [-0.25, -0.2) is 4.98 Å². The number of nitrogens with two attached hydrogens (primary N) is 2. The molecule has 0 spiro atoms. The molecule has 2 unspecified atom stereocenters. The Labute approximate surface area is 140 Å². The molecule has 2 aliphatic rings. The first kappa shape index (κ1) is 16.4. The van der Waals surface area contributed by atoms with Crippen LogP contribution >= 0.6 is 0 Å². The maximum absolute atomic E-state index is 12.1. The van der Waals surface area contributed by atoms with Crippen LogP contribution < -0.4 is 22.1 Å². The summed E-state index contributed by atoms with van der Waals surface area (Å²) in [5, 5.41) is 6.19. The summed E-state index contributed by atoms with van der Waals surface area (Å²) in [5.74, 6) is 0.525. The highest BCUT2D eigenvalue weighted by Gasteiger charge is 2.28. The van der Waals surface area contributed by atoms with Crippen molar-refractivity contribution in [3.8, 4) is 0 Å². The van der Waals surface area contributed by atoms with Gasteiger partial charge in [0.1, 0.15) is 5.82 Å². The highest BCUT2D eigenvalue weighted by atomic mass is 16.5. The van der Waals surface area contributed by atoms with Gasteiger partial charge in [0.2, 0.25) is 0 Å². The highest BCUT2D eigenvalue weighted by Crippen LogP contribution is 2.27. The predicted octanol–water partition coefficient (Wildman–Crippen LogP) is -0.147. The van der Waals surface area contributed by atoms with E-state index in [0.717, 1.165) is 12.0 Å². The maximum atomic E-state index is 12.1. The van der Waals surface area contributed by atoms with E-state index in [-0.39, 0.29) is 18.0 Å². The minimum absolute atomic E-state index is 0.0763. The topological polar surface area (TPSA) is 128 Å². The fourth-order valence-electron chi connectivity index (χ4n) is 2.99. The Bertz CT molecular complexity index is 700. The standard InChI is InChI=1S/C16H22N6O2/c1-19-6-10(5-17)15-14-9(7-20-16(14)23)4-13(22-15)21-12-2-3-24-8-11(12)18/h4-6,11-12H,2-3,7-8,17-18H2,1H3,(H,20,23)(H,21,22). The molecule has 24 heavy (non-hydrogen) atoms. The monoisotopic (exact) mass is 330 g/mol. The van der Waals surface area contributed by atoms with E-state index in [1.807, 2.05) is 6.07 Å². The minimum atomic E-state index is -0.148. The molecular weight excluding hydrogens is 308 g/mol. The van der Waals surface area contributed by atoms with Gasteiger partial charge in [-0.2, -0.15) is 0 Å². The summed E-state index contributed by atoms with van der Waals surface area (Å²) in [4.78, 5) is 20.7. The molecule has 0 aliphatic carbocycles. The Hall–Kier alpha value is -2.45. The van der Waals surface area contributed by atoms with E-state index in [9.17, 15) is 4.79 Å². The van der Waals surface area contributed by atoms with E-state index < -0.39 is 0 Å². The number of amides is 1. The number of carbonyl (C=O) groups is 1. The fourth-order valence-corrected chi connectivity index (χ4v) is 2.99. The molecule has 1 amide bonds. The smallest absolute Gasteiger partial charge is 0.254 e. The van der Waals surface area contributed by atoms with E-state index in [1.165, 1.54) is 6.20 Å². The molecule has 3 heterocycles. The third-order valence-electron chi connectivity index (χ3n) is 4.22. The van der Waals surface area contributed by atoms with Crippen LogP contribution in [-0.2, 0) is 11.3 Å². The van der Waals surface area contributed by atoms with Crippen molar-refractivity contribution in [3.63, 3.8) is 0 Å². The summed E-state index contributed by atoms with van der Waals surface area (Å²) >= 11 is 0. The number of nitrogens with zero attached hydrogens (tertiary/aromatic N) is 2. The number of hydrogen-bond acceptors (Lipinski definition) is 7. The molecule has 0 saturated carbocycles. The molecule has 1 aromatic heterocycles. The van der Waals surface area contributed by atoms with Crippen molar-refractivity contribution in [2.24, 2.45) is 16.5 Å². The van der Waals surface area contributed by atoms with Gasteiger partial charge in [0.25, 0.3) is 5.91 Å². The van der Waals surface area contributed by atoms with Crippen molar-refractivity contribution >= 4 is 23.5 Å². The number of ether oxygens (including phenoxy) is 1.